The van der Waals surface area contributed by atoms with Crippen LogP contribution in [0.2, 0.25) is 0 Å². The van der Waals surface area contributed by atoms with Crippen LogP contribution >= 0.6 is 0 Å². The van der Waals surface area contributed by atoms with Gasteiger partial charge in [-0.15, -0.1) is 15.0 Å². The molecule has 7 rings (SSSR count). The Bertz CT molecular complexity index is 1970. The lowest BCUT2D eigenvalue weighted by atomic mass is 9.77. The quantitative estimate of drug-likeness (QED) is 0.139. The lowest BCUT2D eigenvalue weighted by Crippen LogP contribution is -2.39. The summed E-state index contributed by atoms with van der Waals surface area (Å²) >= 11 is 0. The van der Waals surface area contributed by atoms with Gasteiger partial charge >= 0.3 is 0 Å². The molecule has 7 heteroatoms. The monoisotopic (exact) mass is 630 g/mol. The summed E-state index contributed by atoms with van der Waals surface area (Å²) in [6.07, 6.45) is 5.20. The van der Waals surface area contributed by atoms with E-state index in [0.29, 0.717) is 18.2 Å². The predicted molar refractivity (Wildman–Crippen MR) is 189 cm³/mol. The van der Waals surface area contributed by atoms with Crippen LogP contribution in [0.15, 0.2) is 146 Å². The minimum absolute atomic E-state index is 0.0780. The van der Waals surface area contributed by atoms with E-state index in [4.69, 9.17) is 15.4 Å². The number of aryl methyl sites for hydroxylation is 1. The number of imidazole rings is 1. The third-order valence-electron chi connectivity index (χ3n) is 8.91. The highest BCUT2D eigenvalue weighted by atomic mass is 16.3. The van der Waals surface area contributed by atoms with Crippen molar-refractivity contribution in [2.45, 2.75) is 44.9 Å². The standard InChI is InChI=1S/C41H38N6O/c1-2-3-21-36-29-46(39(30-48)42-36)28-31-24-26-32(27-25-31)37-22-13-14-23-38(37)40-43-45-47(44-40)41(33-15-7-4-8-16-33,34-17-9-5-10-18-34)35-19-11-6-12-20-35/h4-20,22-27,29,48H,2-3,21,28,30H2,1H3. The molecule has 2 aromatic heterocycles. The average molecular weight is 631 g/mol. The number of aliphatic hydroxyl groups excluding tert-OH is 1. The van der Waals surface area contributed by atoms with Gasteiger partial charge in [0.1, 0.15) is 12.4 Å². The third-order valence-corrected chi connectivity index (χ3v) is 8.91. The zero-order chi connectivity index (χ0) is 32.8. The maximum Gasteiger partial charge on any atom is 0.205 e. The van der Waals surface area contributed by atoms with E-state index in [1.807, 2.05) is 30.3 Å². The topological polar surface area (TPSA) is 81.7 Å². The summed E-state index contributed by atoms with van der Waals surface area (Å²) in [5, 5.41) is 24.5. The summed E-state index contributed by atoms with van der Waals surface area (Å²) in [5.74, 6) is 1.25. The molecule has 5 aromatic carbocycles. The Hall–Kier alpha value is -5.66. The molecule has 0 fully saturated rings. The van der Waals surface area contributed by atoms with Gasteiger partial charge in [0.25, 0.3) is 0 Å². The Kier molecular flexibility index (Phi) is 9.03. The van der Waals surface area contributed by atoms with Crippen LogP contribution < -0.4 is 0 Å². The smallest absolute Gasteiger partial charge is 0.205 e. The number of hydrogen-bond acceptors (Lipinski definition) is 5. The molecule has 48 heavy (non-hydrogen) atoms. The van der Waals surface area contributed by atoms with Crippen molar-refractivity contribution in [1.29, 1.82) is 0 Å². The van der Waals surface area contributed by atoms with Gasteiger partial charge in [-0.1, -0.05) is 153 Å². The normalized spacial score (nSPS) is 11.5. The number of tetrazole rings is 1. The van der Waals surface area contributed by atoms with Gasteiger partial charge < -0.3 is 9.67 Å². The van der Waals surface area contributed by atoms with Crippen LogP contribution in [-0.4, -0.2) is 34.9 Å². The van der Waals surface area contributed by atoms with Crippen molar-refractivity contribution in [3.8, 4) is 22.5 Å². The Morgan fingerprint density at radius 3 is 1.79 bits per heavy atom. The molecule has 1 N–H and O–H groups in total. The van der Waals surface area contributed by atoms with E-state index in [0.717, 1.165) is 63.9 Å². The third kappa shape index (κ3) is 5.96. The fraction of sp³-hybridized carbons (Fsp3) is 0.171. The maximum atomic E-state index is 9.91. The van der Waals surface area contributed by atoms with E-state index in [9.17, 15) is 5.11 Å². The van der Waals surface area contributed by atoms with Gasteiger partial charge in [-0.3, -0.25) is 0 Å². The average Bonchev–Trinajstić information content (AvgIpc) is 3.80. The molecule has 0 amide bonds. The van der Waals surface area contributed by atoms with Crippen LogP contribution in [0.25, 0.3) is 22.5 Å². The maximum absolute atomic E-state index is 9.91. The number of aliphatic hydroxyl groups is 1. The summed E-state index contributed by atoms with van der Waals surface area (Å²) in [6, 6.07) is 47.9. The molecule has 238 valence electrons. The first-order chi connectivity index (χ1) is 23.7. The van der Waals surface area contributed by atoms with Gasteiger partial charge in [-0.2, -0.15) is 0 Å². The zero-order valence-electron chi connectivity index (χ0n) is 27.0. The first-order valence-electron chi connectivity index (χ1n) is 16.5. The summed E-state index contributed by atoms with van der Waals surface area (Å²) in [7, 11) is 0. The predicted octanol–water partition coefficient (Wildman–Crippen LogP) is 7.93. The van der Waals surface area contributed by atoms with Crippen molar-refractivity contribution < 1.29 is 5.11 Å². The first-order valence-corrected chi connectivity index (χ1v) is 16.5. The lowest BCUT2D eigenvalue weighted by molar-refractivity contribution is 0.266. The van der Waals surface area contributed by atoms with Crippen LogP contribution in [0.3, 0.4) is 0 Å². The van der Waals surface area contributed by atoms with E-state index in [1.54, 1.807) is 4.80 Å². The first kappa shape index (κ1) is 31.0. The number of nitrogens with zero attached hydrogens (tertiary/aromatic N) is 6. The Morgan fingerprint density at radius 1 is 0.667 bits per heavy atom. The molecule has 0 saturated heterocycles. The highest BCUT2D eigenvalue weighted by Crippen LogP contribution is 2.40. The van der Waals surface area contributed by atoms with Gasteiger partial charge in [0.05, 0.1) is 5.69 Å². The van der Waals surface area contributed by atoms with Crippen molar-refractivity contribution in [3.05, 3.63) is 179 Å². The van der Waals surface area contributed by atoms with Crippen molar-refractivity contribution >= 4 is 0 Å². The SMILES string of the molecule is CCCCc1cn(Cc2ccc(-c3ccccc3-c3nnn(C(c4ccccc4)(c4ccccc4)c4ccccc4)n3)cc2)c(CO)n1. The number of benzene rings is 5. The van der Waals surface area contributed by atoms with Crippen molar-refractivity contribution in [2.24, 2.45) is 0 Å². The Morgan fingerprint density at radius 2 is 1.23 bits per heavy atom. The van der Waals surface area contributed by atoms with Gasteiger partial charge in [0, 0.05) is 18.3 Å². The summed E-state index contributed by atoms with van der Waals surface area (Å²) < 4.78 is 2.05. The van der Waals surface area contributed by atoms with Gasteiger partial charge in [0.2, 0.25) is 5.82 Å². The molecule has 0 unspecified atom stereocenters. The minimum Gasteiger partial charge on any atom is -0.388 e. The summed E-state index contributed by atoms with van der Waals surface area (Å²) in [5.41, 5.74) is 7.41. The molecular weight excluding hydrogens is 592 g/mol. The molecule has 0 bridgehead atoms. The fourth-order valence-electron chi connectivity index (χ4n) is 6.52. The second-order valence-corrected chi connectivity index (χ2v) is 12.0. The highest BCUT2D eigenvalue weighted by molar-refractivity contribution is 5.80. The molecule has 7 aromatic rings. The largest absolute Gasteiger partial charge is 0.388 e. The summed E-state index contributed by atoms with van der Waals surface area (Å²) in [4.78, 5) is 6.41. The van der Waals surface area contributed by atoms with Crippen molar-refractivity contribution in [3.63, 3.8) is 0 Å². The second-order valence-electron chi connectivity index (χ2n) is 12.0. The Labute approximate surface area is 281 Å². The summed E-state index contributed by atoms with van der Waals surface area (Å²) in [6.45, 7) is 2.74. The number of hydrogen-bond donors (Lipinski definition) is 1. The molecular formula is C41H38N6O. The number of rotatable bonds is 12. The van der Waals surface area contributed by atoms with Crippen LogP contribution in [0.4, 0.5) is 0 Å². The fourth-order valence-corrected chi connectivity index (χ4v) is 6.52. The van der Waals surface area contributed by atoms with E-state index in [2.05, 4.69) is 132 Å². The minimum atomic E-state index is -0.844. The van der Waals surface area contributed by atoms with E-state index >= 15 is 0 Å². The van der Waals surface area contributed by atoms with Gasteiger partial charge in [0.15, 0.2) is 5.54 Å². The molecule has 0 radical (unpaired) electrons. The molecule has 0 aliphatic carbocycles. The lowest BCUT2D eigenvalue weighted by Gasteiger charge is -2.34. The van der Waals surface area contributed by atoms with Crippen LogP contribution in [0, 0.1) is 0 Å². The van der Waals surface area contributed by atoms with Gasteiger partial charge in [-0.05, 0) is 51.4 Å². The molecule has 0 atom stereocenters. The molecule has 2 heterocycles. The number of aromatic nitrogens is 6. The Balaban J connectivity index is 1.26. The molecule has 0 saturated carbocycles. The van der Waals surface area contributed by atoms with E-state index < -0.39 is 5.54 Å². The van der Waals surface area contributed by atoms with Crippen LogP contribution in [-0.2, 0) is 25.1 Å². The van der Waals surface area contributed by atoms with Crippen molar-refractivity contribution in [2.75, 3.05) is 0 Å². The van der Waals surface area contributed by atoms with Crippen LogP contribution in [0.5, 0.6) is 0 Å². The van der Waals surface area contributed by atoms with Crippen LogP contribution in [0.1, 0.15) is 53.5 Å². The highest BCUT2D eigenvalue weighted by Gasteiger charge is 2.41. The van der Waals surface area contributed by atoms with Gasteiger partial charge in [-0.25, -0.2) is 4.98 Å². The number of unbranched alkanes of at least 4 members (excludes halogenated alkanes) is 1. The van der Waals surface area contributed by atoms with E-state index in [1.165, 1.54) is 0 Å². The molecule has 0 aliphatic rings. The van der Waals surface area contributed by atoms with E-state index in [-0.39, 0.29) is 6.61 Å². The van der Waals surface area contributed by atoms with Crippen molar-refractivity contribution in [1.82, 2.24) is 29.8 Å². The molecule has 7 nitrogen and oxygen atoms in total. The molecule has 0 spiro atoms. The molecule has 0 aliphatic heterocycles. The zero-order valence-corrected chi connectivity index (χ0v) is 27.0. The second kappa shape index (κ2) is 14.0.